The lowest BCUT2D eigenvalue weighted by atomic mass is 10.2. The molecule has 0 saturated heterocycles. The van der Waals surface area contributed by atoms with Gasteiger partial charge in [-0.15, -0.1) is 0 Å². The molecule has 0 fully saturated rings. The Balaban J connectivity index is 2.45. The van der Waals surface area contributed by atoms with Crippen molar-refractivity contribution in [2.24, 2.45) is 0 Å². The number of anilines is 2. The number of hydrogen-bond donors (Lipinski definition) is 3. The van der Waals surface area contributed by atoms with Crippen molar-refractivity contribution in [2.45, 2.75) is 16.7 Å². The molecule has 1 aliphatic rings. The Bertz CT molecular complexity index is 396. The Morgan fingerprint density at radius 3 is 2.73 bits per heavy atom. The minimum absolute atomic E-state index is 0.144. The second-order valence-electron chi connectivity index (χ2n) is 3.77. The lowest BCUT2D eigenvalue weighted by Gasteiger charge is -2.34. The van der Waals surface area contributed by atoms with Gasteiger partial charge in [0.05, 0.1) is 10.6 Å². The quantitative estimate of drug-likeness (QED) is 0.628. The number of fused-ring (bicyclic) bond motifs is 1. The Morgan fingerprint density at radius 2 is 2.07 bits per heavy atom. The van der Waals surface area contributed by atoms with Crippen LogP contribution in [0.25, 0.3) is 0 Å². The monoisotopic (exact) mass is 225 g/mol. The van der Waals surface area contributed by atoms with Crippen LogP contribution in [0.3, 0.4) is 0 Å². The highest BCUT2D eigenvalue weighted by molar-refractivity contribution is 8.01. The van der Waals surface area contributed by atoms with Gasteiger partial charge in [-0.1, -0.05) is 11.8 Å². The lowest BCUT2D eigenvalue weighted by Crippen LogP contribution is -2.44. The maximum atomic E-state index is 5.90. The van der Waals surface area contributed by atoms with Crippen molar-refractivity contribution in [3.63, 3.8) is 0 Å². The van der Waals surface area contributed by atoms with Crippen LogP contribution in [-0.2, 0) is 0 Å². The molecule has 1 unspecified atom stereocenters. The molecule has 0 spiro atoms. The van der Waals surface area contributed by atoms with Crippen LogP contribution in [0, 0.1) is 0 Å². The molecule has 0 amide bonds. The highest BCUT2D eigenvalue weighted by Gasteiger charge is 2.32. The molecule has 15 heavy (non-hydrogen) atoms. The van der Waals surface area contributed by atoms with E-state index in [4.69, 9.17) is 16.2 Å². The third-order valence-corrected chi connectivity index (χ3v) is 3.92. The zero-order chi connectivity index (χ0) is 11.1. The highest BCUT2D eigenvalue weighted by Crippen LogP contribution is 2.47. The van der Waals surface area contributed by atoms with Gasteiger partial charge in [0.25, 0.3) is 0 Å². The van der Waals surface area contributed by atoms with Crippen molar-refractivity contribution in [2.75, 3.05) is 25.1 Å². The first-order valence-corrected chi connectivity index (χ1v) is 5.56. The van der Waals surface area contributed by atoms with E-state index in [0.717, 1.165) is 4.90 Å². The summed E-state index contributed by atoms with van der Waals surface area (Å²) in [5.41, 5.74) is 13.1. The summed E-state index contributed by atoms with van der Waals surface area (Å²) in [5, 5.41) is 3.21. The zero-order valence-corrected chi connectivity index (χ0v) is 9.65. The third-order valence-electron chi connectivity index (χ3n) is 2.52. The molecule has 0 aromatic heterocycles. The number of nitrogens with two attached hydrogens (primary N) is 2. The summed E-state index contributed by atoms with van der Waals surface area (Å²) in [6.07, 6.45) is 0. The summed E-state index contributed by atoms with van der Waals surface area (Å²) in [4.78, 5) is 0.785. The maximum Gasteiger partial charge on any atom is 0.158 e. The minimum Gasteiger partial charge on any atom is -0.487 e. The van der Waals surface area contributed by atoms with Gasteiger partial charge in [-0.05, 0) is 26.1 Å². The molecule has 1 aromatic carbocycles. The van der Waals surface area contributed by atoms with Crippen LogP contribution in [0.2, 0.25) is 0 Å². The number of ether oxygens (including phenoxy) is 1. The smallest absolute Gasteiger partial charge is 0.158 e. The van der Waals surface area contributed by atoms with Gasteiger partial charge >= 0.3 is 0 Å². The van der Waals surface area contributed by atoms with Crippen molar-refractivity contribution in [3.05, 3.63) is 12.1 Å². The topological polar surface area (TPSA) is 73.3 Å². The van der Waals surface area contributed by atoms with E-state index in [1.54, 1.807) is 17.8 Å². The molecule has 0 aliphatic carbocycles. The van der Waals surface area contributed by atoms with Gasteiger partial charge in [0, 0.05) is 5.69 Å². The number of thioether (sulfide) groups is 1. The van der Waals surface area contributed by atoms with Crippen LogP contribution >= 0.6 is 11.8 Å². The SMILES string of the molecule is CNC1(C)COc2c(N)ccc(N)c2S1. The lowest BCUT2D eigenvalue weighted by molar-refractivity contribution is 0.250. The molecular formula is C10H15N3OS. The molecule has 82 valence electrons. The van der Waals surface area contributed by atoms with Crippen molar-refractivity contribution >= 4 is 23.1 Å². The van der Waals surface area contributed by atoms with E-state index in [1.807, 2.05) is 13.1 Å². The van der Waals surface area contributed by atoms with Gasteiger partial charge < -0.3 is 21.5 Å². The molecule has 0 radical (unpaired) electrons. The molecule has 0 bridgehead atoms. The second kappa shape index (κ2) is 3.50. The van der Waals surface area contributed by atoms with Crippen molar-refractivity contribution in [3.8, 4) is 5.75 Å². The average molecular weight is 225 g/mol. The van der Waals surface area contributed by atoms with Crippen molar-refractivity contribution in [1.29, 1.82) is 0 Å². The number of nitrogens with one attached hydrogen (secondary N) is 1. The fourth-order valence-electron chi connectivity index (χ4n) is 1.44. The molecule has 0 saturated carbocycles. The molecule has 1 atom stereocenters. The summed E-state index contributed by atoms with van der Waals surface area (Å²) in [6.45, 7) is 2.65. The number of rotatable bonds is 1. The van der Waals surface area contributed by atoms with E-state index in [2.05, 4.69) is 12.2 Å². The second-order valence-corrected chi connectivity index (χ2v) is 5.29. The van der Waals surface area contributed by atoms with Gasteiger partial charge in [-0.3, -0.25) is 0 Å². The predicted octanol–water partition coefficient (Wildman–Crippen LogP) is 1.27. The Hall–Kier alpha value is -1.07. The van der Waals surface area contributed by atoms with E-state index in [-0.39, 0.29) is 4.87 Å². The summed E-state index contributed by atoms with van der Waals surface area (Å²) in [6, 6.07) is 3.59. The summed E-state index contributed by atoms with van der Waals surface area (Å²) in [5.74, 6) is 0.715. The first-order chi connectivity index (χ1) is 7.06. The number of hydrogen-bond acceptors (Lipinski definition) is 5. The van der Waals surface area contributed by atoms with Crippen LogP contribution in [0.1, 0.15) is 6.92 Å². The molecule has 1 aromatic rings. The molecule has 2 rings (SSSR count). The largest absolute Gasteiger partial charge is 0.487 e. The fourth-order valence-corrected chi connectivity index (χ4v) is 2.56. The van der Waals surface area contributed by atoms with Gasteiger partial charge in [-0.25, -0.2) is 0 Å². The standard InChI is InChI=1S/C10H15N3OS/c1-10(13-2)5-14-8-6(11)3-4-7(12)9(8)15-10/h3-4,13H,5,11-12H2,1-2H3. The minimum atomic E-state index is -0.144. The van der Waals surface area contributed by atoms with Crippen LogP contribution in [0.4, 0.5) is 11.4 Å². The molecule has 4 nitrogen and oxygen atoms in total. The summed E-state index contributed by atoms with van der Waals surface area (Å²) in [7, 11) is 1.91. The van der Waals surface area contributed by atoms with E-state index in [1.165, 1.54) is 0 Å². The van der Waals surface area contributed by atoms with Crippen LogP contribution in [-0.4, -0.2) is 18.5 Å². The highest BCUT2D eigenvalue weighted by atomic mass is 32.2. The first-order valence-electron chi connectivity index (χ1n) is 4.74. The number of likely N-dealkylation sites (N-methyl/N-ethyl adjacent to an activating group) is 1. The molecule has 5 N–H and O–H groups in total. The van der Waals surface area contributed by atoms with E-state index in [0.29, 0.717) is 23.7 Å². The molecule has 1 heterocycles. The van der Waals surface area contributed by atoms with E-state index < -0.39 is 0 Å². The fraction of sp³-hybridized carbons (Fsp3) is 0.400. The Kier molecular flexibility index (Phi) is 2.44. The normalized spacial score (nSPS) is 24.4. The molecule has 1 aliphatic heterocycles. The number of nitrogen functional groups attached to an aromatic ring is 2. The van der Waals surface area contributed by atoms with Crippen LogP contribution < -0.4 is 21.5 Å². The number of benzene rings is 1. The van der Waals surface area contributed by atoms with Gasteiger partial charge in [0.1, 0.15) is 11.5 Å². The summed E-state index contributed by atoms with van der Waals surface area (Å²) >= 11 is 1.66. The summed E-state index contributed by atoms with van der Waals surface area (Å²) < 4.78 is 5.65. The maximum absolute atomic E-state index is 5.90. The van der Waals surface area contributed by atoms with E-state index >= 15 is 0 Å². The molecule has 5 heteroatoms. The third kappa shape index (κ3) is 1.72. The van der Waals surface area contributed by atoms with Gasteiger partial charge in [0.15, 0.2) is 5.75 Å². The first kappa shape index (κ1) is 10.4. The predicted molar refractivity (Wildman–Crippen MR) is 64.1 cm³/mol. The average Bonchev–Trinajstić information content (AvgIpc) is 2.24. The Labute approximate surface area is 93.4 Å². The van der Waals surface area contributed by atoms with Crippen molar-refractivity contribution < 1.29 is 4.74 Å². The van der Waals surface area contributed by atoms with Gasteiger partial charge in [0.2, 0.25) is 0 Å². The van der Waals surface area contributed by atoms with Crippen LogP contribution in [0.5, 0.6) is 5.75 Å². The zero-order valence-electron chi connectivity index (χ0n) is 8.83. The molecular weight excluding hydrogens is 210 g/mol. The van der Waals surface area contributed by atoms with Gasteiger partial charge in [-0.2, -0.15) is 0 Å². The van der Waals surface area contributed by atoms with E-state index in [9.17, 15) is 0 Å². The Morgan fingerprint density at radius 1 is 1.40 bits per heavy atom. The van der Waals surface area contributed by atoms with Crippen LogP contribution in [0.15, 0.2) is 17.0 Å². The van der Waals surface area contributed by atoms with Crippen molar-refractivity contribution in [1.82, 2.24) is 5.32 Å².